The average Bonchev–Trinajstić information content (AvgIpc) is 2.63. The van der Waals surface area contributed by atoms with Gasteiger partial charge in [-0.05, 0) is 41.0 Å². The van der Waals surface area contributed by atoms with Crippen molar-refractivity contribution < 1.29 is 13.9 Å². The third-order valence-electron chi connectivity index (χ3n) is 3.68. The Kier molecular flexibility index (Phi) is 5.37. The predicted molar refractivity (Wildman–Crippen MR) is 96.8 cm³/mol. The number of hydrogen-bond acceptors (Lipinski definition) is 2. The number of carbonyl (C=O) groups is 1. The largest absolute Gasteiger partial charge is 0.423 e. The van der Waals surface area contributed by atoms with E-state index in [1.165, 1.54) is 24.3 Å². The van der Waals surface area contributed by atoms with Crippen molar-refractivity contribution in [3.05, 3.63) is 107 Å². The molecule has 0 aromatic heterocycles. The van der Waals surface area contributed by atoms with Crippen LogP contribution in [0.2, 0.25) is 0 Å². The molecule has 124 valence electrons. The van der Waals surface area contributed by atoms with Crippen molar-refractivity contribution in [2.75, 3.05) is 0 Å². The number of para-hydroxylation sites is 1. The summed E-state index contributed by atoms with van der Waals surface area (Å²) in [6.07, 6.45) is 3.51. The topological polar surface area (TPSA) is 26.3 Å². The van der Waals surface area contributed by atoms with E-state index < -0.39 is 5.97 Å². The first kappa shape index (κ1) is 16.7. The molecule has 25 heavy (non-hydrogen) atoms. The first-order chi connectivity index (χ1) is 12.2. The van der Waals surface area contributed by atoms with Crippen LogP contribution in [0, 0.1) is 5.82 Å². The molecule has 0 heterocycles. The Labute approximate surface area is 146 Å². The average molecular weight is 332 g/mol. The summed E-state index contributed by atoms with van der Waals surface area (Å²) in [4.78, 5) is 12.1. The van der Waals surface area contributed by atoms with Gasteiger partial charge in [-0.3, -0.25) is 0 Å². The van der Waals surface area contributed by atoms with Gasteiger partial charge in [-0.1, -0.05) is 60.7 Å². The lowest BCUT2D eigenvalue weighted by Crippen LogP contribution is -2.06. The third kappa shape index (κ3) is 4.88. The second-order valence-electron chi connectivity index (χ2n) is 5.58. The molecule has 0 spiro atoms. The molecule has 3 aromatic rings. The van der Waals surface area contributed by atoms with Gasteiger partial charge in [0, 0.05) is 12.5 Å². The van der Waals surface area contributed by atoms with Crippen LogP contribution in [-0.4, -0.2) is 5.97 Å². The molecule has 0 aliphatic carbocycles. The summed E-state index contributed by atoms with van der Waals surface area (Å²) in [5.41, 5.74) is 2.68. The Hall–Kier alpha value is -3.20. The number of hydrogen-bond donors (Lipinski definition) is 0. The smallest absolute Gasteiger partial charge is 0.336 e. The van der Waals surface area contributed by atoms with E-state index in [9.17, 15) is 9.18 Å². The van der Waals surface area contributed by atoms with Crippen molar-refractivity contribution in [3.63, 3.8) is 0 Å². The van der Waals surface area contributed by atoms with Gasteiger partial charge >= 0.3 is 5.97 Å². The minimum atomic E-state index is -0.496. The minimum Gasteiger partial charge on any atom is -0.423 e. The van der Waals surface area contributed by atoms with Gasteiger partial charge in [0.25, 0.3) is 0 Å². The molecule has 0 aliphatic heterocycles. The van der Waals surface area contributed by atoms with Crippen molar-refractivity contribution in [2.24, 2.45) is 0 Å². The summed E-state index contributed by atoms with van der Waals surface area (Å²) in [7, 11) is 0. The van der Waals surface area contributed by atoms with Crippen LogP contribution in [-0.2, 0) is 11.2 Å². The zero-order valence-electron chi connectivity index (χ0n) is 13.6. The number of rotatable bonds is 5. The molecule has 3 heteroatoms. The fourth-order valence-corrected chi connectivity index (χ4v) is 2.48. The summed E-state index contributed by atoms with van der Waals surface area (Å²) >= 11 is 0. The number of esters is 1. The van der Waals surface area contributed by atoms with Crippen LogP contribution in [0.25, 0.3) is 6.08 Å². The Morgan fingerprint density at radius 2 is 1.68 bits per heavy atom. The summed E-state index contributed by atoms with van der Waals surface area (Å²) in [6, 6.07) is 23.5. The van der Waals surface area contributed by atoms with Gasteiger partial charge in [0.15, 0.2) is 0 Å². The molecule has 0 radical (unpaired) electrons. The number of halogens is 1. The molecule has 0 amide bonds. The fraction of sp³-hybridized carbons (Fsp3) is 0.0455. The number of carbonyl (C=O) groups excluding carboxylic acids is 1. The summed E-state index contributed by atoms with van der Waals surface area (Å²) in [5.74, 6) is -0.311. The van der Waals surface area contributed by atoms with Gasteiger partial charge < -0.3 is 4.74 Å². The summed E-state index contributed by atoms with van der Waals surface area (Å²) < 4.78 is 18.6. The van der Waals surface area contributed by atoms with Crippen molar-refractivity contribution in [1.82, 2.24) is 0 Å². The molecule has 0 unspecified atom stereocenters. The van der Waals surface area contributed by atoms with E-state index in [1.807, 2.05) is 48.5 Å². The van der Waals surface area contributed by atoms with E-state index in [0.717, 1.165) is 11.1 Å². The highest BCUT2D eigenvalue weighted by Crippen LogP contribution is 2.21. The van der Waals surface area contributed by atoms with E-state index >= 15 is 0 Å². The van der Waals surface area contributed by atoms with E-state index in [0.29, 0.717) is 17.7 Å². The van der Waals surface area contributed by atoms with Crippen LogP contribution in [0.3, 0.4) is 0 Å². The molecule has 0 saturated carbocycles. The van der Waals surface area contributed by atoms with Gasteiger partial charge in [0.1, 0.15) is 11.6 Å². The van der Waals surface area contributed by atoms with Crippen LogP contribution in [0.1, 0.15) is 16.7 Å². The zero-order chi connectivity index (χ0) is 17.5. The standard InChI is InChI=1S/C22H17FO2/c23-20-11-6-9-18(16-20)13-14-22(24)25-21-12-5-4-10-19(21)15-17-7-2-1-3-8-17/h1-14,16H,15H2/b14-13+. The highest BCUT2D eigenvalue weighted by molar-refractivity contribution is 5.88. The van der Waals surface area contributed by atoms with Gasteiger partial charge in [-0.15, -0.1) is 0 Å². The quantitative estimate of drug-likeness (QED) is 0.372. The highest BCUT2D eigenvalue weighted by Gasteiger charge is 2.07. The van der Waals surface area contributed by atoms with Crippen molar-refractivity contribution in [2.45, 2.75) is 6.42 Å². The second kappa shape index (κ2) is 8.06. The molecule has 0 N–H and O–H groups in total. The normalized spacial score (nSPS) is 10.8. The Balaban J connectivity index is 1.71. The molecule has 3 rings (SSSR count). The molecule has 0 bridgehead atoms. The lowest BCUT2D eigenvalue weighted by Gasteiger charge is -2.09. The van der Waals surface area contributed by atoms with Crippen LogP contribution in [0.5, 0.6) is 5.75 Å². The van der Waals surface area contributed by atoms with Crippen molar-refractivity contribution in [1.29, 1.82) is 0 Å². The van der Waals surface area contributed by atoms with Gasteiger partial charge in [-0.2, -0.15) is 0 Å². The number of benzene rings is 3. The molecule has 0 aliphatic rings. The van der Waals surface area contributed by atoms with Crippen molar-refractivity contribution >= 4 is 12.0 Å². The maximum atomic E-state index is 13.1. The van der Waals surface area contributed by atoms with Gasteiger partial charge in [-0.25, -0.2) is 9.18 Å². The van der Waals surface area contributed by atoms with E-state index in [-0.39, 0.29) is 5.82 Å². The van der Waals surface area contributed by atoms with Gasteiger partial charge in [0.05, 0.1) is 0 Å². The SMILES string of the molecule is O=C(/C=C/c1cccc(F)c1)Oc1ccccc1Cc1ccccc1. The number of ether oxygens (including phenoxy) is 1. The molecular formula is C22H17FO2. The van der Waals surface area contributed by atoms with E-state index in [2.05, 4.69) is 0 Å². The third-order valence-corrected chi connectivity index (χ3v) is 3.68. The second-order valence-corrected chi connectivity index (χ2v) is 5.58. The first-order valence-electron chi connectivity index (χ1n) is 7.98. The molecule has 0 atom stereocenters. The Morgan fingerprint density at radius 1 is 0.920 bits per heavy atom. The van der Waals surface area contributed by atoms with E-state index in [4.69, 9.17) is 4.74 Å². The summed E-state index contributed by atoms with van der Waals surface area (Å²) in [5, 5.41) is 0. The Bertz CT molecular complexity index is 885. The summed E-state index contributed by atoms with van der Waals surface area (Å²) in [6.45, 7) is 0. The maximum absolute atomic E-state index is 13.1. The highest BCUT2D eigenvalue weighted by atomic mass is 19.1. The monoisotopic (exact) mass is 332 g/mol. The van der Waals surface area contributed by atoms with Crippen LogP contribution >= 0.6 is 0 Å². The molecule has 3 aromatic carbocycles. The van der Waals surface area contributed by atoms with Crippen molar-refractivity contribution in [3.8, 4) is 5.75 Å². The minimum absolute atomic E-state index is 0.344. The first-order valence-corrected chi connectivity index (χ1v) is 7.98. The Morgan fingerprint density at radius 3 is 2.48 bits per heavy atom. The molecule has 0 saturated heterocycles. The van der Waals surface area contributed by atoms with Crippen LogP contribution < -0.4 is 4.74 Å². The van der Waals surface area contributed by atoms with Crippen LogP contribution in [0.15, 0.2) is 84.9 Å². The van der Waals surface area contributed by atoms with Gasteiger partial charge in [0.2, 0.25) is 0 Å². The predicted octanol–water partition coefficient (Wildman–Crippen LogP) is 5.04. The zero-order valence-corrected chi connectivity index (χ0v) is 13.6. The van der Waals surface area contributed by atoms with Crippen LogP contribution in [0.4, 0.5) is 4.39 Å². The fourth-order valence-electron chi connectivity index (χ4n) is 2.48. The van der Waals surface area contributed by atoms with E-state index in [1.54, 1.807) is 18.2 Å². The lowest BCUT2D eigenvalue weighted by atomic mass is 10.0. The molecule has 0 fully saturated rings. The maximum Gasteiger partial charge on any atom is 0.336 e. The lowest BCUT2D eigenvalue weighted by molar-refractivity contribution is -0.128. The molecular weight excluding hydrogens is 315 g/mol. The molecule has 2 nitrogen and oxygen atoms in total.